The number of carbonyl (C=O) groups excluding carboxylic acids is 1. The maximum absolute atomic E-state index is 12.6. The fourth-order valence-electron chi connectivity index (χ4n) is 3.03. The summed E-state index contributed by atoms with van der Waals surface area (Å²) in [4.78, 5) is 14.6. The van der Waals surface area contributed by atoms with Crippen molar-refractivity contribution in [2.45, 2.75) is 38.4 Å². The van der Waals surface area contributed by atoms with Crippen molar-refractivity contribution < 1.29 is 4.79 Å². The molecule has 104 valence electrons. The van der Waals surface area contributed by atoms with Gasteiger partial charge in [-0.2, -0.15) is 0 Å². The molecule has 2 aromatic rings. The SMILES string of the molecule is CC(C)(C)N1C(=O)C(n2cccc2)C1c1ccccc1. The lowest BCUT2D eigenvalue weighted by Crippen LogP contribution is -2.62. The van der Waals surface area contributed by atoms with Gasteiger partial charge in [0.05, 0.1) is 6.04 Å². The average molecular weight is 268 g/mol. The second kappa shape index (κ2) is 4.51. The summed E-state index contributed by atoms with van der Waals surface area (Å²) in [6.45, 7) is 6.27. The van der Waals surface area contributed by atoms with Crippen LogP contribution in [0.15, 0.2) is 54.9 Å². The molecule has 1 amide bonds. The summed E-state index contributed by atoms with van der Waals surface area (Å²) in [6, 6.07) is 14.2. The summed E-state index contributed by atoms with van der Waals surface area (Å²) in [5.74, 6) is 0.197. The molecule has 0 bridgehead atoms. The number of benzene rings is 1. The van der Waals surface area contributed by atoms with E-state index in [9.17, 15) is 4.79 Å². The van der Waals surface area contributed by atoms with E-state index < -0.39 is 0 Å². The van der Waals surface area contributed by atoms with Crippen LogP contribution in [0.2, 0.25) is 0 Å². The highest BCUT2D eigenvalue weighted by atomic mass is 16.2. The Labute approximate surface area is 119 Å². The van der Waals surface area contributed by atoms with Gasteiger partial charge in [0.2, 0.25) is 5.91 Å². The van der Waals surface area contributed by atoms with Crippen LogP contribution >= 0.6 is 0 Å². The Morgan fingerprint density at radius 2 is 1.50 bits per heavy atom. The largest absolute Gasteiger partial charge is 0.340 e. The summed E-state index contributed by atoms with van der Waals surface area (Å²) in [5, 5.41) is 0. The van der Waals surface area contributed by atoms with Gasteiger partial charge in [-0.15, -0.1) is 0 Å². The number of hydrogen-bond acceptors (Lipinski definition) is 1. The van der Waals surface area contributed by atoms with Crippen molar-refractivity contribution in [2.24, 2.45) is 0 Å². The van der Waals surface area contributed by atoms with E-state index >= 15 is 0 Å². The van der Waals surface area contributed by atoms with Gasteiger partial charge in [-0.25, -0.2) is 0 Å². The van der Waals surface area contributed by atoms with Crippen LogP contribution in [0, 0.1) is 0 Å². The van der Waals surface area contributed by atoms with E-state index in [1.807, 2.05) is 52.2 Å². The molecule has 3 rings (SSSR count). The first-order valence-corrected chi connectivity index (χ1v) is 7.01. The summed E-state index contributed by atoms with van der Waals surface area (Å²) in [5.41, 5.74) is 1.03. The maximum atomic E-state index is 12.6. The summed E-state index contributed by atoms with van der Waals surface area (Å²) in [7, 11) is 0. The van der Waals surface area contributed by atoms with E-state index in [1.54, 1.807) is 0 Å². The molecule has 3 heteroatoms. The third kappa shape index (κ3) is 1.94. The van der Waals surface area contributed by atoms with Crippen LogP contribution in [0.4, 0.5) is 0 Å². The Morgan fingerprint density at radius 3 is 2.05 bits per heavy atom. The third-order valence-corrected chi connectivity index (χ3v) is 3.88. The van der Waals surface area contributed by atoms with Gasteiger partial charge < -0.3 is 9.47 Å². The molecule has 20 heavy (non-hydrogen) atoms. The van der Waals surface area contributed by atoms with Crippen LogP contribution in [0.1, 0.15) is 38.4 Å². The maximum Gasteiger partial charge on any atom is 0.249 e. The Hall–Kier alpha value is -2.03. The summed E-state index contributed by atoms with van der Waals surface area (Å²) < 4.78 is 2.02. The lowest BCUT2D eigenvalue weighted by molar-refractivity contribution is -0.164. The van der Waals surface area contributed by atoms with Crippen molar-refractivity contribution in [2.75, 3.05) is 0 Å². The van der Waals surface area contributed by atoms with Crippen molar-refractivity contribution in [3.63, 3.8) is 0 Å². The number of nitrogens with zero attached hydrogens (tertiary/aromatic N) is 2. The van der Waals surface area contributed by atoms with E-state index in [1.165, 1.54) is 5.56 Å². The highest BCUT2D eigenvalue weighted by Gasteiger charge is 2.52. The second-order valence-corrected chi connectivity index (χ2v) is 6.31. The molecule has 2 heterocycles. The first kappa shape index (κ1) is 13.0. The van der Waals surface area contributed by atoms with Gasteiger partial charge in [0, 0.05) is 17.9 Å². The molecule has 0 saturated carbocycles. The molecule has 2 atom stereocenters. The van der Waals surface area contributed by atoms with Gasteiger partial charge in [-0.05, 0) is 38.5 Å². The monoisotopic (exact) mass is 268 g/mol. The van der Waals surface area contributed by atoms with E-state index in [2.05, 4.69) is 32.9 Å². The lowest BCUT2D eigenvalue weighted by atomic mass is 9.83. The molecule has 2 unspecified atom stereocenters. The quantitative estimate of drug-likeness (QED) is 0.766. The molecule has 1 fully saturated rings. The highest BCUT2D eigenvalue weighted by Crippen LogP contribution is 2.47. The minimum atomic E-state index is -0.165. The molecule has 0 aliphatic carbocycles. The van der Waals surface area contributed by atoms with Gasteiger partial charge >= 0.3 is 0 Å². The molecule has 1 aliphatic rings. The van der Waals surface area contributed by atoms with Gasteiger partial charge in [0.1, 0.15) is 6.04 Å². The zero-order valence-electron chi connectivity index (χ0n) is 12.2. The normalized spacial score (nSPS) is 22.8. The van der Waals surface area contributed by atoms with Crippen molar-refractivity contribution in [1.29, 1.82) is 0 Å². The van der Waals surface area contributed by atoms with Gasteiger partial charge in [-0.1, -0.05) is 30.3 Å². The molecule has 0 N–H and O–H groups in total. The van der Waals surface area contributed by atoms with Gasteiger partial charge in [0.25, 0.3) is 0 Å². The number of carbonyl (C=O) groups is 1. The molecular formula is C17H20N2O. The fraction of sp³-hybridized carbons (Fsp3) is 0.353. The number of rotatable bonds is 2. The van der Waals surface area contributed by atoms with Crippen molar-refractivity contribution in [1.82, 2.24) is 9.47 Å². The highest BCUT2D eigenvalue weighted by molar-refractivity contribution is 5.89. The minimum absolute atomic E-state index is 0.107. The summed E-state index contributed by atoms with van der Waals surface area (Å²) in [6.07, 6.45) is 3.94. The lowest BCUT2D eigenvalue weighted by Gasteiger charge is -2.54. The number of hydrogen-bond donors (Lipinski definition) is 0. The average Bonchev–Trinajstić information content (AvgIpc) is 2.88. The zero-order valence-corrected chi connectivity index (χ0v) is 12.2. The van der Waals surface area contributed by atoms with Crippen LogP contribution < -0.4 is 0 Å². The Morgan fingerprint density at radius 1 is 0.900 bits per heavy atom. The van der Waals surface area contributed by atoms with Crippen LogP contribution in [-0.4, -0.2) is 20.9 Å². The predicted octanol–water partition coefficient (Wildman–Crippen LogP) is 3.41. The van der Waals surface area contributed by atoms with Crippen molar-refractivity contribution >= 4 is 5.91 Å². The molecule has 3 nitrogen and oxygen atoms in total. The van der Waals surface area contributed by atoms with Crippen LogP contribution in [0.5, 0.6) is 0 Å². The van der Waals surface area contributed by atoms with E-state index in [0.29, 0.717) is 0 Å². The van der Waals surface area contributed by atoms with Crippen LogP contribution in [-0.2, 0) is 4.79 Å². The minimum Gasteiger partial charge on any atom is -0.340 e. The number of β-lactam (4-membered cyclic amide) rings is 1. The van der Waals surface area contributed by atoms with Gasteiger partial charge in [0.15, 0.2) is 0 Å². The smallest absolute Gasteiger partial charge is 0.249 e. The topological polar surface area (TPSA) is 25.2 Å². The van der Waals surface area contributed by atoms with E-state index in [0.717, 1.165) is 0 Å². The molecule has 1 aromatic carbocycles. The molecule has 0 radical (unpaired) electrons. The molecule has 0 spiro atoms. The Kier molecular flexibility index (Phi) is 2.93. The Bertz CT molecular complexity index is 596. The first-order chi connectivity index (χ1) is 9.50. The number of amides is 1. The zero-order chi connectivity index (χ0) is 14.3. The van der Waals surface area contributed by atoms with E-state index in [-0.39, 0.29) is 23.5 Å². The predicted molar refractivity (Wildman–Crippen MR) is 79.3 cm³/mol. The molecule has 1 saturated heterocycles. The van der Waals surface area contributed by atoms with Gasteiger partial charge in [-0.3, -0.25) is 4.79 Å². The van der Waals surface area contributed by atoms with Crippen LogP contribution in [0.25, 0.3) is 0 Å². The third-order valence-electron chi connectivity index (χ3n) is 3.88. The summed E-state index contributed by atoms with van der Waals surface area (Å²) >= 11 is 0. The first-order valence-electron chi connectivity index (χ1n) is 7.01. The molecule has 1 aromatic heterocycles. The molecule has 1 aliphatic heterocycles. The number of aromatic nitrogens is 1. The van der Waals surface area contributed by atoms with Crippen LogP contribution in [0.3, 0.4) is 0 Å². The van der Waals surface area contributed by atoms with Crippen molar-refractivity contribution in [3.8, 4) is 0 Å². The second-order valence-electron chi connectivity index (χ2n) is 6.31. The van der Waals surface area contributed by atoms with Crippen molar-refractivity contribution in [3.05, 3.63) is 60.4 Å². The number of likely N-dealkylation sites (tertiary alicyclic amines) is 1. The fourth-order valence-corrected chi connectivity index (χ4v) is 3.03. The Balaban J connectivity index is 2.02. The molecular weight excluding hydrogens is 248 g/mol. The standard InChI is InChI=1S/C17H20N2O/c1-17(2,3)19-14(13-9-5-4-6-10-13)15(16(19)20)18-11-7-8-12-18/h4-12,14-15H,1-3H3. The van der Waals surface area contributed by atoms with E-state index in [4.69, 9.17) is 0 Å².